The highest BCUT2D eigenvalue weighted by Gasteiger charge is 2.25. The smallest absolute Gasteiger partial charge is 0.177 e. The van der Waals surface area contributed by atoms with Crippen molar-refractivity contribution >= 4 is 22.5 Å². The number of H-pyrrole nitrogens is 1. The van der Waals surface area contributed by atoms with E-state index in [0.717, 1.165) is 18.5 Å². The molecule has 4 rings (SSSR count). The van der Waals surface area contributed by atoms with Crippen LogP contribution in [-0.4, -0.2) is 23.7 Å². The molecule has 0 saturated carbocycles. The third-order valence-electron chi connectivity index (χ3n) is 5.01. The van der Waals surface area contributed by atoms with Gasteiger partial charge in [-0.3, -0.25) is 0 Å². The Morgan fingerprint density at radius 2 is 2.12 bits per heavy atom. The number of phenols is 1. The van der Waals surface area contributed by atoms with Crippen LogP contribution in [0.1, 0.15) is 28.4 Å². The van der Waals surface area contributed by atoms with E-state index < -0.39 is 0 Å². The number of nitrogens with one attached hydrogen (secondary N) is 2. The van der Waals surface area contributed by atoms with Gasteiger partial charge in [0.2, 0.25) is 0 Å². The molecule has 4 nitrogen and oxygen atoms in total. The van der Waals surface area contributed by atoms with E-state index in [1.165, 1.54) is 34.8 Å². The number of aromatic nitrogens is 1. The lowest BCUT2D eigenvalue weighted by molar-refractivity contribution is 0.373. The summed E-state index contributed by atoms with van der Waals surface area (Å²) in [6.45, 7) is 3.05. The zero-order chi connectivity index (χ0) is 17.6. The van der Waals surface area contributed by atoms with Gasteiger partial charge in [0.1, 0.15) is 0 Å². The van der Waals surface area contributed by atoms with Gasteiger partial charge in [0.15, 0.2) is 11.5 Å². The Labute approximate surface area is 151 Å². The van der Waals surface area contributed by atoms with E-state index in [-0.39, 0.29) is 11.8 Å². The highest BCUT2D eigenvalue weighted by atomic mass is 35.5. The predicted octanol–water partition coefficient (Wildman–Crippen LogP) is 4.27. The lowest BCUT2D eigenvalue weighted by atomic mass is 9.94. The Kier molecular flexibility index (Phi) is 4.10. The molecule has 0 amide bonds. The van der Waals surface area contributed by atoms with Gasteiger partial charge in [0.05, 0.1) is 18.2 Å². The molecule has 0 radical (unpaired) electrons. The molecule has 2 aromatic carbocycles. The minimum atomic E-state index is 0.00460. The number of methoxy groups -OCH3 is 1. The average Bonchev–Trinajstić information content (AvgIpc) is 2.98. The number of aryl methyl sites for hydroxylation is 1. The van der Waals surface area contributed by atoms with Crippen LogP contribution >= 0.6 is 11.6 Å². The van der Waals surface area contributed by atoms with E-state index in [1.54, 1.807) is 6.07 Å². The van der Waals surface area contributed by atoms with Crippen LogP contribution in [0, 0.1) is 6.92 Å². The summed E-state index contributed by atoms with van der Waals surface area (Å²) in [6.07, 6.45) is 1.71. The van der Waals surface area contributed by atoms with Crippen LogP contribution in [0.5, 0.6) is 11.5 Å². The van der Waals surface area contributed by atoms with Crippen LogP contribution in [0.4, 0.5) is 0 Å². The van der Waals surface area contributed by atoms with Gasteiger partial charge in [-0.1, -0.05) is 29.3 Å². The zero-order valence-corrected chi connectivity index (χ0v) is 15.1. The molecule has 1 unspecified atom stereocenters. The van der Waals surface area contributed by atoms with E-state index >= 15 is 0 Å². The van der Waals surface area contributed by atoms with Gasteiger partial charge >= 0.3 is 0 Å². The minimum absolute atomic E-state index is 0.00460. The predicted molar refractivity (Wildman–Crippen MR) is 101 cm³/mol. The van der Waals surface area contributed by atoms with Gasteiger partial charge in [-0.15, -0.1) is 0 Å². The maximum Gasteiger partial charge on any atom is 0.177 e. The molecule has 0 saturated heterocycles. The molecular formula is C20H21ClN2O2. The lowest BCUT2D eigenvalue weighted by Crippen LogP contribution is -2.31. The van der Waals surface area contributed by atoms with Crippen LogP contribution in [0.25, 0.3) is 10.9 Å². The summed E-state index contributed by atoms with van der Waals surface area (Å²) in [7, 11) is 1.52. The first-order valence-corrected chi connectivity index (χ1v) is 8.85. The molecule has 0 bridgehead atoms. The summed E-state index contributed by atoms with van der Waals surface area (Å²) in [5.41, 5.74) is 5.95. The SMILES string of the molecule is COc1ccc(CC2NCCc3c2[nH]c2ccc(C)cc32)c(Cl)c1O. The molecule has 0 aliphatic carbocycles. The van der Waals surface area contributed by atoms with Crippen LogP contribution in [-0.2, 0) is 12.8 Å². The van der Waals surface area contributed by atoms with E-state index in [2.05, 4.69) is 35.4 Å². The summed E-state index contributed by atoms with van der Waals surface area (Å²) < 4.78 is 5.12. The van der Waals surface area contributed by atoms with Crippen LogP contribution < -0.4 is 10.1 Å². The average molecular weight is 357 g/mol. The summed E-state index contributed by atoms with van der Waals surface area (Å²) in [6, 6.07) is 10.3. The lowest BCUT2D eigenvalue weighted by Gasteiger charge is -2.25. The molecule has 1 aromatic heterocycles. The van der Waals surface area contributed by atoms with Crippen molar-refractivity contribution in [2.24, 2.45) is 0 Å². The minimum Gasteiger partial charge on any atom is -0.503 e. The third kappa shape index (κ3) is 2.75. The van der Waals surface area contributed by atoms with Gasteiger partial charge in [0.25, 0.3) is 0 Å². The topological polar surface area (TPSA) is 57.3 Å². The second-order valence-corrected chi connectivity index (χ2v) is 6.99. The van der Waals surface area contributed by atoms with Gasteiger partial charge in [-0.2, -0.15) is 0 Å². The highest BCUT2D eigenvalue weighted by molar-refractivity contribution is 6.33. The zero-order valence-electron chi connectivity index (χ0n) is 14.3. The van der Waals surface area contributed by atoms with Crippen molar-refractivity contribution in [2.75, 3.05) is 13.7 Å². The number of hydrogen-bond donors (Lipinski definition) is 3. The first-order chi connectivity index (χ1) is 12.1. The van der Waals surface area contributed by atoms with Crippen molar-refractivity contribution in [1.29, 1.82) is 0 Å². The number of halogens is 1. The van der Waals surface area contributed by atoms with Crippen molar-refractivity contribution in [2.45, 2.75) is 25.8 Å². The van der Waals surface area contributed by atoms with Crippen LogP contribution in [0.15, 0.2) is 30.3 Å². The standard InChI is InChI=1S/C20H21ClN2O2/c1-11-3-5-15-14(9-11)13-7-8-22-16(19(13)23-15)10-12-4-6-17(25-2)20(24)18(12)21/h3-6,9,16,22-24H,7-8,10H2,1-2H3. The number of benzene rings is 2. The Bertz CT molecular complexity index is 949. The Morgan fingerprint density at radius 1 is 1.28 bits per heavy atom. The first kappa shape index (κ1) is 16.3. The maximum atomic E-state index is 10.2. The second-order valence-electron chi connectivity index (χ2n) is 6.62. The fourth-order valence-corrected chi connectivity index (χ4v) is 3.96. The van der Waals surface area contributed by atoms with E-state index in [4.69, 9.17) is 16.3 Å². The molecule has 0 spiro atoms. The molecule has 25 heavy (non-hydrogen) atoms. The van der Waals surface area contributed by atoms with Gasteiger partial charge in [-0.05, 0) is 55.6 Å². The summed E-state index contributed by atoms with van der Waals surface area (Å²) in [4.78, 5) is 3.58. The molecule has 5 heteroatoms. The number of phenolic OH excluding ortho intramolecular Hbond substituents is 1. The molecule has 2 heterocycles. The van der Waals surface area contributed by atoms with Crippen molar-refractivity contribution in [3.63, 3.8) is 0 Å². The maximum absolute atomic E-state index is 10.2. The van der Waals surface area contributed by atoms with E-state index in [1.807, 2.05) is 6.07 Å². The summed E-state index contributed by atoms with van der Waals surface area (Å²) in [5.74, 6) is 0.400. The van der Waals surface area contributed by atoms with Crippen molar-refractivity contribution in [1.82, 2.24) is 10.3 Å². The van der Waals surface area contributed by atoms with Gasteiger partial charge in [0, 0.05) is 16.6 Å². The van der Waals surface area contributed by atoms with Crippen molar-refractivity contribution < 1.29 is 9.84 Å². The monoisotopic (exact) mass is 356 g/mol. The van der Waals surface area contributed by atoms with Gasteiger partial charge in [-0.25, -0.2) is 0 Å². The molecule has 3 aromatic rings. The normalized spacial score (nSPS) is 16.8. The number of hydrogen-bond acceptors (Lipinski definition) is 3. The molecule has 1 aliphatic rings. The Hall–Kier alpha value is -2.17. The van der Waals surface area contributed by atoms with E-state index in [0.29, 0.717) is 17.2 Å². The van der Waals surface area contributed by atoms with Crippen LogP contribution in [0.3, 0.4) is 0 Å². The first-order valence-electron chi connectivity index (χ1n) is 8.47. The van der Waals surface area contributed by atoms with E-state index in [9.17, 15) is 5.11 Å². The van der Waals surface area contributed by atoms with Crippen LogP contribution in [0.2, 0.25) is 5.02 Å². The largest absolute Gasteiger partial charge is 0.503 e. The van der Waals surface area contributed by atoms with Crippen molar-refractivity contribution in [3.8, 4) is 11.5 Å². The summed E-state index contributed by atoms with van der Waals surface area (Å²) >= 11 is 6.35. The Balaban J connectivity index is 1.72. The number of aromatic amines is 1. The highest BCUT2D eigenvalue weighted by Crippen LogP contribution is 2.39. The molecule has 1 aliphatic heterocycles. The van der Waals surface area contributed by atoms with Gasteiger partial charge < -0.3 is 20.1 Å². The second kappa shape index (κ2) is 6.28. The summed E-state index contributed by atoms with van der Waals surface area (Å²) in [5, 5.41) is 15.4. The quantitative estimate of drug-likeness (QED) is 0.656. The number of ether oxygens (including phenoxy) is 1. The number of fused-ring (bicyclic) bond motifs is 3. The molecule has 0 fully saturated rings. The molecule has 1 atom stereocenters. The molecule has 130 valence electrons. The fraction of sp³-hybridized carbons (Fsp3) is 0.300. The fourth-order valence-electron chi connectivity index (χ4n) is 3.73. The Morgan fingerprint density at radius 3 is 2.92 bits per heavy atom. The number of rotatable bonds is 3. The molecule has 3 N–H and O–H groups in total. The third-order valence-corrected chi connectivity index (χ3v) is 5.43. The molecular weight excluding hydrogens is 336 g/mol. The number of aromatic hydroxyl groups is 1. The van der Waals surface area contributed by atoms with Crippen molar-refractivity contribution in [3.05, 3.63) is 57.7 Å².